The fraction of sp³-hybridized carbons (Fsp3) is 0.267. The predicted molar refractivity (Wildman–Crippen MR) is 90.4 cm³/mol. The van der Waals surface area contributed by atoms with Crippen molar-refractivity contribution < 1.29 is 4.42 Å². The molecule has 0 amide bonds. The molecule has 23 heavy (non-hydrogen) atoms. The Bertz CT molecular complexity index is 779. The molecule has 7 nitrogen and oxygen atoms in total. The second-order valence-corrected chi connectivity index (χ2v) is 6.01. The Hall–Kier alpha value is -2.35. The highest BCUT2D eigenvalue weighted by Gasteiger charge is 2.21. The Morgan fingerprint density at radius 1 is 1.13 bits per heavy atom. The lowest BCUT2D eigenvalue weighted by Crippen LogP contribution is -2.47. The van der Waals surface area contributed by atoms with E-state index in [0.29, 0.717) is 0 Å². The molecular formula is C15H15BrN6O. The van der Waals surface area contributed by atoms with Gasteiger partial charge >= 0.3 is 0 Å². The van der Waals surface area contributed by atoms with E-state index in [-0.39, 0.29) is 0 Å². The summed E-state index contributed by atoms with van der Waals surface area (Å²) in [5.41, 5.74) is 1.90. The molecule has 0 radical (unpaired) electrons. The summed E-state index contributed by atoms with van der Waals surface area (Å²) in [7, 11) is 0. The molecule has 1 fully saturated rings. The monoisotopic (exact) mass is 374 g/mol. The van der Waals surface area contributed by atoms with Gasteiger partial charge in [0.05, 0.1) is 12.0 Å². The maximum absolute atomic E-state index is 5.41. The molecule has 1 saturated heterocycles. The van der Waals surface area contributed by atoms with E-state index < -0.39 is 0 Å². The van der Waals surface area contributed by atoms with E-state index in [9.17, 15) is 0 Å². The SMILES string of the molecule is Brc1n[nH]cc1N1CCN(c2nccc(-c3ccco3)n2)CC1. The van der Waals surface area contributed by atoms with Crippen LogP contribution in [0.2, 0.25) is 0 Å². The van der Waals surface area contributed by atoms with Crippen molar-refractivity contribution in [2.24, 2.45) is 0 Å². The van der Waals surface area contributed by atoms with Crippen molar-refractivity contribution in [1.82, 2.24) is 20.2 Å². The highest BCUT2D eigenvalue weighted by atomic mass is 79.9. The first-order valence-corrected chi connectivity index (χ1v) is 8.16. The summed E-state index contributed by atoms with van der Waals surface area (Å²) < 4.78 is 6.26. The first-order valence-electron chi connectivity index (χ1n) is 7.37. The Labute approximate surface area is 141 Å². The van der Waals surface area contributed by atoms with Gasteiger partial charge in [-0.1, -0.05) is 0 Å². The topological polar surface area (TPSA) is 74.1 Å². The molecule has 4 rings (SSSR count). The second kappa shape index (κ2) is 6.04. The van der Waals surface area contributed by atoms with E-state index in [4.69, 9.17) is 4.42 Å². The summed E-state index contributed by atoms with van der Waals surface area (Å²) >= 11 is 3.46. The lowest BCUT2D eigenvalue weighted by atomic mass is 10.3. The van der Waals surface area contributed by atoms with Gasteiger partial charge in [-0.15, -0.1) is 0 Å². The number of hydrogen-bond donors (Lipinski definition) is 1. The summed E-state index contributed by atoms with van der Waals surface area (Å²) in [5.74, 6) is 1.50. The van der Waals surface area contributed by atoms with E-state index in [2.05, 4.69) is 45.9 Å². The number of aromatic amines is 1. The van der Waals surface area contributed by atoms with Crippen LogP contribution in [0.5, 0.6) is 0 Å². The fourth-order valence-electron chi connectivity index (χ4n) is 2.70. The van der Waals surface area contributed by atoms with Crippen molar-refractivity contribution in [2.45, 2.75) is 0 Å². The van der Waals surface area contributed by atoms with E-state index in [1.54, 1.807) is 12.5 Å². The van der Waals surface area contributed by atoms with Crippen LogP contribution in [0.1, 0.15) is 0 Å². The maximum atomic E-state index is 5.41. The molecule has 0 bridgehead atoms. The third-order valence-corrected chi connectivity index (χ3v) is 4.48. The number of nitrogens with one attached hydrogen (secondary N) is 1. The van der Waals surface area contributed by atoms with Crippen molar-refractivity contribution in [3.63, 3.8) is 0 Å². The molecule has 1 N–H and O–H groups in total. The molecule has 0 aromatic carbocycles. The van der Waals surface area contributed by atoms with E-state index in [1.165, 1.54) is 0 Å². The summed E-state index contributed by atoms with van der Waals surface area (Å²) in [6.07, 6.45) is 5.34. The van der Waals surface area contributed by atoms with Gasteiger partial charge in [-0.3, -0.25) is 5.10 Å². The van der Waals surface area contributed by atoms with Crippen molar-refractivity contribution >= 4 is 27.6 Å². The van der Waals surface area contributed by atoms with Crippen LogP contribution in [0.15, 0.2) is 45.9 Å². The van der Waals surface area contributed by atoms with Crippen molar-refractivity contribution in [2.75, 3.05) is 36.0 Å². The van der Waals surface area contributed by atoms with Crippen molar-refractivity contribution in [3.8, 4) is 11.5 Å². The average Bonchev–Trinajstić information content (AvgIpc) is 3.27. The normalized spacial score (nSPS) is 15.2. The number of furan rings is 1. The number of piperazine rings is 1. The molecule has 0 spiro atoms. The molecule has 118 valence electrons. The minimum atomic E-state index is 0.741. The van der Waals surface area contributed by atoms with Crippen LogP contribution >= 0.6 is 15.9 Å². The van der Waals surface area contributed by atoms with Crippen molar-refractivity contribution in [3.05, 3.63) is 41.5 Å². The summed E-state index contributed by atoms with van der Waals surface area (Å²) in [5, 5.41) is 6.98. The predicted octanol–water partition coefficient (Wildman–Crippen LogP) is 2.55. The zero-order valence-electron chi connectivity index (χ0n) is 12.3. The summed E-state index contributed by atoms with van der Waals surface area (Å²) in [6, 6.07) is 5.63. The molecular weight excluding hydrogens is 360 g/mol. The molecule has 1 aliphatic heterocycles. The van der Waals surface area contributed by atoms with Crippen molar-refractivity contribution in [1.29, 1.82) is 0 Å². The minimum Gasteiger partial charge on any atom is -0.463 e. The highest BCUT2D eigenvalue weighted by Crippen LogP contribution is 2.25. The second-order valence-electron chi connectivity index (χ2n) is 5.25. The van der Waals surface area contributed by atoms with Gasteiger partial charge in [-0.25, -0.2) is 9.97 Å². The van der Waals surface area contributed by atoms with Crippen LogP contribution < -0.4 is 9.80 Å². The molecule has 1 aliphatic rings. The maximum Gasteiger partial charge on any atom is 0.226 e. The Balaban J connectivity index is 1.48. The molecule has 3 aromatic heterocycles. The first-order chi connectivity index (χ1) is 11.3. The molecule has 0 unspecified atom stereocenters. The average molecular weight is 375 g/mol. The number of hydrogen-bond acceptors (Lipinski definition) is 6. The lowest BCUT2D eigenvalue weighted by molar-refractivity contribution is 0.579. The zero-order valence-corrected chi connectivity index (χ0v) is 13.9. The third-order valence-electron chi connectivity index (χ3n) is 3.90. The largest absolute Gasteiger partial charge is 0.463 e. The Kier molecular flexibility index (Phi) is 3.74. The molecule has 0 saturated carbocycles. The van der Waals surface area contributed by atoms with Gasteiger partial charge in [-0.2, -0.15) is 5.10 Å². The van der Waals surface area contributed by atoms with Gasteiger partial charge in [0.1, 0.15) is 5.69 Å². The van der Waals surface area contributed by atoms with Gasteiger partial charge in [0.25, 0.3) is 0 Å². The van der Waals surface area contributed by atoms with Crippen LogP contribution in [0.25, 0.3) is 11.5 Å². The molecule has 0 atom stereocenters. The van der Waals surface area contributed by atoms with Crippen LogP contribution in [0.3, 0.4) is 0 Å². The number of rotatable bonds is 3. The number of aromatic nitrogens is 4. The van der Waals surface area contributed by atoms with Gasteiger partial charge in [0.15, 0.2) is 10.4 Å². The van der Waals surface area contributed by atoms with E-state index in [0.717, 1.165) is 53.9 Å². The number of H-pyrrole nitrogens is 1. The molecule has 0 aliphatic carbocycles. The Morgan fingerprint density at radius 3 is 2.65 bits per heavy atom. The smallest absolute Gasteiger partial charge is 0.226 e. The van der Waals surface area contributed by atoms with E-state index >= 15 is 0 Å². The number of anilines is 2. The van der Waals surface area contributed by atoms with Crippen LogP contribution in [-0.2, 0) is 0 Å². The Morgan fingerprint density at radius 2 is 1.96 bits per heavy atom. The van der Waals surface area contributed by atoms with Gasteiger partial charge in [-0.05, 0) is 34.1 Å². The van der Waals surface area contributed by atoms with Crippen LogP contribution in [0.4, 0.5) is 11.6 Å². The minimum absolute atomic E-state index is 0.741. The summed E-state index contributed by atoms with van der Waals surface area (Å²) in [4.78, 5) is 13.5. The first kappa shape index (κ1) is 14.3. The number of halogens is 1. The summed E-state index contributed by atoms with van der Waals surface area (Å²) in [6.45, 7) is 3.51. The van der Waals surface area contributed by atoms with E-state index in [1.807, 2.05) is 24.4 Å². The zero-order chi connectivity index (χ0) is 15.6. The fourth-order valence-corrected chi connectivity index (χ4v) is 3.17. The molecule has 3 aromatic rings. The van der Waals surface area contributed by atoms with Crippen LogP contribution in [0, 0.1) is 0 Å². The lowest BCUT2D eigenvalue weighted by Gasteiger charge is -2.35. The third kappa shape index (κ3) is 2.81. The van der Waals surface area contributed by atoms with Gasteiger partial charge < -0.3 is 14.2 Å². The van der Waals surface area contributed by atoms with Crippen LogP contribution in [-0.4, -0.2) is 46.3 Å². The standard InChI is InChI=1S/C15H15BrN6O/c16-14-12(10-18-20-14)21-5-7-22(8-6-21)15-17-4-3-11(19-15)13-2-1-9-23-13/h1-4,9-10H,5-8H2,(H,18,20). The quantitative estimate of drug-likeness (QED) is 0.759. The molecule has 8 heteroatoms. The van der Waals surface area contributed by atoms with Gasteiger partial charge in [0, 0.05) is 38.6 Å². The molecule has 4 heterocycles. The highest BCUT2D eigenvalue weighted by molar-refractivity contribution is 9.10. The number of nitrogens with zero attached hydrogens (tertiary/aromatic N) is 5. The van der Waals surface area contributed by atoms with Gasteiger partial charge in [0.2, 0.25) is 5.95 Å².